The summed E-state index contributed by atoms with van der Waals surface area (Å²) in [6.45, 7) is 10.9. The Morgan fingerprint density at radius 1 is 0.921 bits per heavy atom. The number of carbonyl (C=O) groups is 2. The van der Waals surface area contributed by atoms with Gasteiger partial charge in [0, 0.05) is 50.9 Å². The second kappa shape index (κ2) is 13.0. The number of ether oxygens (including phenoxy) is 1. The molecule has 4 heterocycles. The summed E-state index contributed by atoms with van der Waals surface area (Å²) in [6, 6.07) is 15.0. The Hall–Kier alpha value is -4.02. The van der Waals surface area contributed by atoms with Gasteiger partial charge in [0.25, 0.3) is 0 Å². The highest BCUT2D eigenvalue weighted by molar-refractivity contribution is 6.27. The number of aliphatic carboxylic acids is 2. The second-order valence-electron chi connectivity index (χ2n) is 9.01. The Labute approximate surface area is 221 Å². The van der Waals surface area contributed by atoms with E-state index in [0.717, 1.165) is 81.9 Å². The van der Waals surface area contributed by atoms with E-state index in [9.17, 15) is 0 Å². The summed E-state index contributed by atoms with van der Waals surface area (Å²) >= 11 is 0. The lowest BCUT2D eigenvalue weighted by atomic mass is 10.1. The predicted molar refractivity (Wildman–Crippen MR) is 148 cm³/mol. The van der Waals surface area contributed by atoms with E-state index in [0.29, 0.717) is 0 Å². The van der Waals surface area contributed by atoms with Crippen LogP contribution in [0.2, 0.25) is 0 Å². The summed E-state index contributed by atoms with van der Waals surface area (Å²) in [5.74, 6) is -1.54. The summed E-state index contributed by atoms with van der Waals surface area (Å²) < 4.78 is 5.43. The van der Waals surface area contributed by atoms with E-state index in [1.807, 2.05) is 6.20 Å². The number of morpholine rings is 1. The van der Waals surface area contributed by atoms with Crippen LogP contribution in [0, 0.1) is 0 Å². The van der Waals surface area contributed by atoms with Gasteiger partial charge in [0.2, 0.25) is 0 Å². The fourth-order valence-corrected chi connectivity index (χ4v) is 4.46. The maximum Gasteiger partial charge on any atom is 0.414 e. The molecule has 38 heavy (non-hydrogen) atoms. The Morgan fingerprint density at radius 2 is 1.63 bits per heavy atom. The number of carboxylic acid groups (broad SMARTS) is 2. The van der Waals surface area contributed by atoms with Crippen molar-refractivity contribution in [1.29, 1.82) is 0 Å². The van der Waals surface area contributed by atoms with E-state index in [1.165, 1.54) is 10.8 Å². The zero-order chi connectivity index (χ0) is 26.9. The fourth-order valence-electron chi connectivity index (χ4n) is 4.46. The molecule has 200 valence electrons. The topological polar surface area (TPSA) is 119 Å². The van der Waals surface area contributed by atoms with Crippen LogP contribution in [0.1, 0.15) is 18.2 Å². The number of aromatic nitrogens is 2. The lowest BCUT2D eigenvalue weighted by Crippen LogP contribution is -2.46. The lowest BCUT2D eigenvalue weighted by Gasteiger charge is -2.35. The molecule has 2 aliphatic heterocycles. The molecule has 0 atom stereocenters. The minimum absolute atomic E-state index is 0.771. The van der Waals surface area contributed by atoms with Gasteiger partial charge in [0.15, 0.2) is 0 Å². The molecule has 0 spiro atoms. The minimum atomic E-state index is -1.82. The molecule has 1 aromatic carbocycles. The smallest absolute Gasteiger partial charge is 0.414 e. The van der Waals surface area contributed by atoms with Crippen molar-refractivity contribution >= 4 is 46.5 Å². The molecule has 0 saturated carbocycles. The monoisotopic (exact) mass is 519 g/mol. The van der Waals surface area contributed by atoms with Crippen LogP contribution in [-0.4, -0.2) is 96.0 Å². The van der Waals surface area contributed by atoms with Crippen molar-refractivity contribution in [3.8, 4) is 0 Å². The summed E-state index contributed by atoms with van der Waals surface area (Å²) in [5, 5.41) is 17.2. The summed E-state index contributed by atoms with van der Waals surface area (Å²) in [5.41, 5.74) is 2.06. The van der Waals surface area contributed by atoms with Crippen molar-refractivity contribution in [2.75, 3.05) is 68.8 Å². The van der Waals surface area contributed by atoms with Crippen LogP contribution in [0.15, 0.2) is 48.7 Å². The standard InChI is InChI=1S/C26H31N5O.C2H2O4/c1-2-29-11-13-31(14-12-29)26-24-6-4-3-5-22(24)19-23(28-26)9-7-21-8-10-25(27-20-21)30-15-17-32-18-16-30;3-1(4)2(5)6/h3-10,19-20H,2,11-18H2,1H3;(H,3,4)(H,5,6)/b9-7+;. The normalized spacial score (nSPS) is 16.3. The molecule has 5 rings (SSSR count). The summed E-state index contributed by atoms with van der Waals surface area (Å²) in [4.78, 5) is 35.1. The van der Waals surface area contributed by atoms with E-state index in [1.54, 1.807) is 0 Å². The molecule has 0 amide bonds. The van der Waals surface area contributed by atoms with Gasteiger partial charge in [-0.2, -0.15) is 0 Å². The summed E-state index contributed by atoms with van der Waals surface area (Å²) in [6.07, 6.45) is 6.14. The van der Waals surface area contributed by atoms with Gasteiger partial charge in [0.05, 0.1) is 18.9 Å². The van der Waals surface area contributed by atoms with Gasteiger partial charge >= 0.3 is 11.9 Å². The van der Waals surface area contributed by atoms with Gasteiger partial charge in [-0.1, -0.05) is 37.3 Å². The first kappa shape index (κ1) is 27.0. The van der Waals surface area contributed by atoms with E-state index >= 15 is 0 Å². The molecule has 0 radical (unpaired) electrons. The number of carboxylic acids is 2. The molecular formula is C28H33N5O5. The molecule has 3 aromatic rings. The van der Waals surface area contributed by atoms with Crippen molar-refractivity contribution < 1.29 is 24.5 Å². The summed E-state index contributed by atoms with van der Waals surface area (Å²) in [7, 11) is 0. The van der Waals surface area contributed by atoms with Gasteiger partial charge in [-0.15, -0.1) is 0 Å². The number of nitrogens with zero attached hydrogens (tertiary/aromatic N) is 5. The molecule has 0 aliphatic carbocycles. The molecule has 0 unspecified atom stereocenters. The SMILES string of the molecule is CCN1CCN(c2nc(/C=C/c3ccc(N4CCOCC4)nc3)cc3ccccc23)CC1.O=C(O)C(=O)O. The highest BCUT2D eigenvalue weighted by Crippen LogP contribution is 2.27. The van der Waals surface area contributed by atoms with Gasteiger partial charge in [-0.3, -0.25) is 0 Å². The fraction of sp³-hybridized carbons (Fsp3) is 0.357. The second-order valence-corrected chi connectivity index (χ2v) is 9.01. The number of rotatable bonds is 5. The van der Waals surface area contributed by atoms with Crippen LogP contribution in [0.5, 0.6) is 0 Å². The molecule has 2 aromatic heterocycles. The highest BCUT2D eigenvalue weighted by Gasteiger charge is 2.19. The van der Waals surface area contributed by atoms with Crippen LogP contribution in [0.25, 0.3) is 22.9 Å². The Kier molecular flexibility index (Phi) is 9.23. The first-order valence-electron chi connectivity index (χ1n) is 12.7. The van der Waals surface area contributed by atoms with Crippen LogP contribution in [0.4, 0.5) is 11.6 Å². The lowest BCUT2D eigenvalue weighted by molar-refractivity contribution is -0.159. The van der Waals surface area contributed by atoms with Crippen LogP contribution >= 0.6 is 0 Å². The molecule has 10 heteroatoms. The molecule has 2 saturated heterocycles. The zero-order valence-electron chi connectivity index (χ0n) is 21.5. The highest BCUT2D eigenvalue weighted by atomic mass is 16.5. The average molecular weight is 520 g/mol. The van der Waals surface area contributed by atoms with Crippen molar-refractivity contribution in [2.24, 2.45) is 0 Å². The third-order valence-electron chi connectivity index (χ3n) is 6.59. The number of anilines is 2. The molecule has 10 nitrogen and oxygen atoms in total. The Bertz CT molecular complexity index is 1250. The molecular weight excluding hydrogens is 486 g/mol. The van der Waals surface area contributed by atoms with Gasteiger partial charge < -0.3 is 29.6 Å². The van der Waals surface area contributed by atoms with E-state index in [-0.39, 0.29) is 0 Å². The van der Waals surface area contributed by atoms with E-state index in [2.05, 4.69) is 81.2 Å². The maximum atomic E-state index is 9.10. The zero-order valence-corrected chi connectivity index (χ0v) is 21.5. The number of likely N-dealkylation sites (N-methyl/N-ethyl adjacent to an activating group) is 1. The Balaban J connectivity index is 0.000000505. The van der Waals surface area contributed by atoms with Gasteiger partial charge in [0.1, 0.15) is 11.6 Å². The molecule has 2 aliphatic rings. The number of benzene rings is 1. The van der Waals surface area contributed by atoms with E-state index in [4.69, 9.17) is 29.5 Å². The van der Waals surface area contributed by atoms with Crippen molar-refractivity contribution in [3.63, 3.8) is 0 Å². The van der Waals surface area contributed by atoms with Crippen molar-refractivity contribution in [2.45, 2.75) is 6.92 Å². The first-order valence-corrected chi connectivity index (χ1v) is 12.7. The first-order chi connectivity index (χ1) is 18.4. The molecule has 2 N–H and O–H groups in total. The van der Waals surface area contributed by atoms with Crippen LogP contribution in [-0.2, 0) is 14.3 Å². The number of fused-ring (bicyclic) bond motifs is 1. The number of hydrogen-bond donors (Lipinski definition) is 2. The largest absolute Gasteiger partial charge is 0.473 e. The number of hydrogen-bond acceptors (Lipinski definition) is 8. The molecule has 0 bridgehead atoms. The third kappa shape index (κ3) is 7.05. The van der Waals surface area contributed by atoms with Crippen molar-refractivity contribution in [3.05, 3.63) is 59.9 Å². The number of pyridine rings is 2. The molecule has 2 fully saturated rings. The van der Waals surface area contributed by atoms with Crippen LogP contribution in [0.3, 0.4) is 0 Å². The number of piperazine rings is 1. The van der Waals surface area contributed by atoms with E-state index < -0.39 is 11.9 Å². The van der Waals surface area contributed by atoms with Gasteiger partial charge in [-0.05, 0) is 41.8 Å². The predicted octanol–water partition coefficient (Wildman–Crippen LogP) is 2.93. The van der Waals surface area contributed by atoms with Crippen molar-refractivity contribution in [1.82, 2.24) is 14.9 Å². The van der Waals surface area contributed by atoms with Gasteiger partial charge in [-0.25, -0.2) is 19.6 Å². The van der Waals surface area contributed by atoms with Crippen LogP contribution < -0.4 is 9.80 Å². The quantitative estimate of drug-likeness (QED) is 0.487. The Morgan fingerprint density at radius 3 is 2.26 bits per heavy atom. The maximum absolute atomic E-state index is 9.10. The minimum Gasteiger partial charge on any atom is -0.473 e. The third-order valence-corrected chi connectivity index (χ3v) is 6.59. The average Bonchev–Trinajstić information content (AvgIpc) is 2.96.